The van der Waals surface area contributed by atoms with Gasteiger partial charge in [-0.15, -0.1) is 0 Å². The lowest BCUT2D eigenvalue weighted by molar-refractivity contribution is -0.293. The fourth-order valence-electron chi connectivity index (χ4n) is 3.26. The highest BCUT2D eigenvalue weighted by atomic mass is 16.7. The number of carbonyl (C=O) groups is 2. The number of rotatable bonds is 2. The van der Waals surface area contributed by atoms with Crippen LogP contribution in [-0.4, -0.2) is 72.1 Å². The third kappa shape index (κ3) is 3.83. The summed E-state index contributed by atoms with van der Waals surface area (Å²) in [5.41, 5.74) is -0.985. The van der Waals surface area contributed by atoms with Crippen LogP contribution in [0.25, 0.3) is 0 Å². The van der Waals surface area contributed by atoms with Gasteiger partial charge >= 0.3 is 6.09 Å². The molecule has 2 saturated heterocycles. The predicted octanol–water partition coefficient (Wildman–Crippen LogP) is 2.00. The molecule has 7 heteroatoms. The number of hydrogen-bond donors (Lipinski definition) is 0. The van der Waals surface area contributed by atoms with E-state index in [1.807, 2.05) is 27.7 Å². The molecule has 7 nitrogen and oxygen atoms in total. The summed E-state index contributed by atoms with van der Waals surface area (Å²) in [6.45, 7) is 11.4. The summed E-state index contributed by atoms with van der Waals surface area (Å²) in [4.78, 5) is 28.1. The molecule has 2 rings (SSSR count). The monoisotopic (exact) mass is 342 g/mol. The standard InChI is InChI=1S/C17H30N2O5/c1-7-18-12-17(24-16(5,22-6)13(18)20)8-10-19(11-9-17)14(21)23-15(2,3)4/h7-12H2,1-6H3. The molecular formula is C17H30N2O5. The molecule has 2 aliphatic rings. The molecule has 2 amide bonds. The van der Waals surface area contributed by atoms with Crippen molar-refractivity contribution in [3.8, 4) is 0 Å². The van der Waals surface area contributed by atoms with Gasteiger partial charge in [0.2, 0.25) is 5.79 Å². The molecule has 0 aromatic rings. The van der Waals surface area contributed by atoms with E-state index >= 15 is 0 Å². The minimum Gasteiger partial charge on any atom is -0.444 e. The van der Waals surface area contributed by atoms with E-state index in [1.165, 1.54) is 7.11 Å². The quantitative estimate of drug-likeness (QED) is 0.768. The summed E-state index contributed by atoms with van der Waals surface area (Å²) in [6.07, 6.45) is 0.996. The summed E-state index contributed by atoms with van der Waals surface area (Å²) >= 11 is 0. The van der Waals surface area contributed by atoms with Crippen molar-refractivity contribution in [3.63, 3.8) is 0 Å². The molecule has 0 bridgehead atoms. The van der Waals surface area contributed by atoms with Gasteiger partial charge in [0.1, 0.15) is 5.60 Å². The average Bonchev–Trinajstić information content (AvgIpc) is 2.50. The van der Waals surface area contributed by atoms with Gasteiger partial charge in [-0.3, -0.25) is 4.79 Å². The SMILES string of the molecule is CCN1CC2(CCN(C(=O)OC(C)(C)C)CC2)OC(C)(OC)C1=O. The van der Waals surface area contributed by atoms with E-state index in [9.17, 15) is 9.59 Å². The molecule has 0 radical (unpaired) electrons. The Morgan fingerprint density at radius 1 is 1.29 bits per heavy atom. The van der Waals surface area contributed by atoms with Crippen LogP contribution in [0.2, 0.25) is 0 Å². The zero-order chi connectivity index (χ0) is 18.2. The molecule has 1 unspecified atom stereocenters. The van der Waals surface area contributed by atoms with E-state index in [1.54, 1.807) is 16.7 Å². The Labute approximate surface area is 144 Å². The van der Waals surface area contributed by atoms with Crippen molar-refractivity contribution in [2.75, 3.05) is 33.3 Å². The summed E-state index contributed by atoms with van der Waals surface area (Å²) in [7, 11) is 1.49. The van der Waals surface area contributed by atoms with Crippen molar-refractivity contribution in [2.45, 2.75) is 64.4 Å². The first-order chi connectivity index (χ1) is 11.0. The van der Waals surface area contributed by atoms with E-state index in [2.05, 4.69) is 0 Å². The van der Waals surface area contributed by atoms with Crippen LogP contribution in [0.3, 0.4) is 0 Å². The normalized spacial score (nSPS) is 27.5. The molecule has 138 valence electrons. The average molecular weight is 342 g/mol. The van der Waals surface area contributed by atoms with Gasteiger partial charge in [-0.25, -0.2) is 4.79 Å². The Morgan fingerprint density at radius 2 is 1.88 bits per heavy atom. The Balaban J connectivity index is 2.06. The second kappa shape index (κ2) is 6.52. The number of carbonyl (C=O) groups excluding carboxylic acids is 2. The van der Waals surface area contributed by atoms with Crippen LogP contribution >= 0.6 is 0 Å². The highest BCUT2D eigenvalue weighted by Crippen LogP contribution is 2.37. The number of likely N-dealkylation sites (tertiary alicyclic amines) is 1. The first kappa shape index (κ1) is 19.0. The smallest absolute Gasteiger partial charge is 0.410 e. The Bertz CT molecular complexity index is 494. The van der Waals surface area contributed by atoms with Gasteiger partial charge in [0.25, 0.3) is 5.91 Å². The maximum Gasteiger partial charge on any atom is 0.410 e. The first-order valence-corrected chi connectivity index (χ1v) is 8.57. The lowest BCUT2D eigenvalue weighted by Gasteiger charge is -2.52. The maximum atomic E-state index is 12.5. The topological polar surface area (TPSA) is 68.3 Å². The number of amides is 2. The summed E-state index contributed by atoms with van der Waals surface area (Å²) < 4.78 is 16.9. The van der Waals surface area contributed by atoms with Crippen molar-refractivity contribution in [3.05, 3.63) is 0 Å². The third-order valence-corrected chi connectivity index (χ3v) is 4.66. The first-order valence-electron chi connectivity index (χ1n) is 8.57. The van der Waals surface area contributed by atoms with Crippen molar-refractivity contribution >= 4 is 12.0 Å². The van der Waals surface area contributed by atoms with Gasteiger partial charge in [-0.1, -0.05) is 0 Å². The second-order valence-corrected chi connectivity index (χ2v) is 7.72. The lowest BCUT2D eigenvalue weighted by atomic mass is 9.88. The minimum atomic E-state index is -1.26. The van der Waals surface area contributed by atoms with Gasteiger partial charge in [0.15, 0.2) is 0 Å². The highest BCUT2D eigenvalue weighted by molar-refractivity contribution is 5.84. The second-order valence-electron chi connectivity index (χ2n) is 7.72. The summed E-state index contributed by atoms with van der Waals surface area (Å²) in [6, 6.07) is 0. The number of hydrogen-bond acceptors (Lipinski definition) is 5. The molecule has 2 aliphatic heterocycles. The number of likely N-dealkylation sites (N-methyl/N-ethyl adjacent to an activating group) is 1. The van der Waals surface area contributed by atoms with Crippen LogP contribution in [0.4, 0.5) is 4.79 Å². The molecule has 0 aromatic heterocycles. The molecule has 2 heterocycles. The molecule has 24 heavy (non-hydrogen) atoms. The van der Waals surface area contributed by atoms with Crippen LogP contribution in [0.1, 0.15) is 47.5 Å². The van der Waals surface area contributed by atoms with Gasteiger partial charge in [-0.05, 0) is 47.5 Å². The molecule has 2 fully saturated rings. The minimum absolute atomic E-state index is 0.146. The number of ether oxygens (including phenoxy) is 3. The summed E-state index contributed by atoms with van der Waals surface area (Å²) in [5, 5.41) is 0. The van der Waals surface area contributed by atoms with Gasteiger partial charge in [0, 0.05) is 26.7 Å². The van der Waals surface area contributed by atoms with Crippen LogP contribution in [0, 0.1) is 0 Å². The van der Waals surface area contributed by atoms with E-state index in [4.69, 9.17) is 14.2 Å². The Morgan fingerprint density at radius 3 is 2.33 bits per heavy atom. The third-order valence-electron chi connectivity index (χ3n) is 4.66. The van der Waals surface area contributed by atoms with Gasteiger partial charge in [-0.2, -0.15) is 0 Å². The predicted molar refractivity (Wildman–Crippen MR) is 88.5 cm³/mol. The fourth-order valence-corrected chi connectivity index (χ4v) is 3.26. The maximum absolute atomic E-state index is 12.5. The largest absolute Gasteiger partial charge is 0.444 e. The Hall–Kier alpha value is -1.34. The van der Waals surface area contributed by atoms with Crippen molar-refractivity contribution in [2.24, 2.45) is 0 Å². The van der Waals surface area contributed by atoms with Gasteiger partial charge in [0.05, 0.1) is 12.1 Å². The van der Waals surface area contributed by atoms with Gasteiger partial charge < -0.3 is 24.0 Å². The fraction of sp³-hybridized carbons (Fsp3) is 0.882. The molecule has 0 saturated carbocycles. The lowest BCUT2D eigenvalue weighted by Crippen LogP contribution is -2.67. The molecule has 1 spiro atoms. The van der Waals surface area contributed by atoms with Crippen LogP contribution in [0.5, 0.6) is 0 Å². The van der Waals surface area contributed by atoms with Crippen LogP contribution < -0.4 is 0 Å². The number of methoxy groups -OCH3 is 1. The number of nitrogens with zero attached hydrogens (tertiary/aromatic N) is 2. The molecule has 0 N–H and O–H groups in total. The molecule has 0 aliphatic carbocycles. The molecule has 1 atom stereocenters. The highest BCUT2D eigenvalue weighted by Gasteiger charge is 2.53. The van der Waals surface area contributed by atoms with E-state index < -0.39 is 17.0 Å². The van der Waals surface area contributed by atoms with Crippen molar-refractivity contribution in [1.29, 1.82) is 0 Å². The van der Waals surface area contributed by atoms with E-state index in [0.717, 1.165) is 0 Å². The van der Waals surface area contributed by atoms with Crippen LogP contribution in [-0.2, 0) is 19.0 Å². The van der Waals surface area contributed by atoms with Crippen molar-refractivity contribution in [1.82, 2.24) is 9.80 Å². The molecular weight excluding hydrogens is 312 g/mol. The molecule has 0 aromatic carbocycles. The zero-order valence-corrected chi connectivity index (χ0v) is 15.7. The Kier molecular flexibility index (Phi) is 5.16. The van der Waals surface area contributed by atoms with E-state index in [-0.39, 0.29) is 12.0 Å². The van der Waals surface area contributed by atoms with E-state index in [0.29, 0.717) is 39.0 Å². The van der Waals surface area contributed by atoms with Crippen LogP contribution in [0.15, 0.2) is 0 Å². The zero-order valence-electron chi connectivity index (χ0n) is 15.7. The van der Waals surface area contributed by atoms with Crippen molar-refractivity contribution < 1.29 is 23.8 Å². The summed E-state index contributed by atoms with van der Waals surface area (Å²) in [5.74, 6) is -1.41. The number of piperidine rings is 1. The number of morpholine rings is 1.